The van der Waals surface area contributed by atoms with Crippen LogP contribution in [0.4, 0.5) is 0 Å². The average molecular weight is 350 g/mol. The van der Waals surface area contributed by atoms with E-state index in [0.29, 0.717) is 10.9 Å². The number of fused-ring (bicyclic) bond motifs is 1. The van der Waals surface area contributed by atoms with E-state index in [9.17, 15) is 4.79 Å². The topological polar surface area (TPSA) is 60.2 Å². The summed E-state index contributed by atoms with van der Waals surface area (Å²) in [5.41, 5.74) is 1.86. The molecule has 6 nitrogen and oxygen atoms in total. The maximum Gasteiger partial charge on any atom is 0.277 e. The van der Waals surface area contributed by atoms with Gasteiger partial charge in [0.1, 0.15) is 11.3 Å². The molecule has 134 valence electrons. The zero-order chi connectivity index (χ0) is 17.9. The van der Waals surface area contributed by atoms with E-state index in [0.717, 1.165) is 38.2 Å². The summed E-state index contributed by atoms with van der Waals surface area (Å²) in [6.07, 6.45) is 1.80. The highest BCUT2D eigenvalue weighted by Gasteiger charge is 2.23. The van der Waals surface area contributed by atoms with E-state index >= 15 is 0 Å². The zero-order valence-corrected chi connectivity index (χ0v) is 14.8. The summed E-state index contributed by atoms with van der Waals surface area (Å²) in [4.78, 5) is 15.1. The third kappa shape index (κ3) is 3.32. The Morgan fingerprint density at radius 1 is 1.12 bits per heavy atom. The SMILES string of the molecule is COc1cccc(CN2CCC(n3nnc4ccccc4c3=O)CC2)c1. The van der Waals surface area contributed by atoms with Gasteiger partial charge in [-0.3, -0.25) is 9.69 Å². The first-order valence-corrected chi connectivity index (χ1v) is 8.94. The van der Waals surface area contributed by atoms with Crippen LogP contribution in [0.3, 0.4) is 0 Å². The summed E-state index contributed by atoms with van der Waals surface area (Å²) in [6, 6.07) is 15.7. The van der Waals surface area contributed by atoms with Crippen molar-refractivity contribution in [3.63, 3.8) is 0 Å². The summed E-state index contributed by atoms with van der Waals surface area (Å²) >= 11 is 0. The van der Waals surface area contributed by atoms with Crippen LogP contribution < -0.4 is 10.3 Å². The van der Waals surface area contributed by atoms with Crippen LogP contribution in [0.25, 0.3) is 10.9 Å². The lowest BCUT2D eigenvalue weighted by Crippen LogP contribution is -2.38. The van der Waals surface area contributed by atoms with Crippen LogP contribution >= 0.6 is 0 Å². The standard InChI is InChI=1S/C20H22N4O2/c1-26-17-6-4-5-15(13-17)14-23-11-9-16(10-12-23)24-20(25)18-7-2-3-8-19(18)21-22-24/h2-8,13,16H,9-12,14H2,1H3. The minimum atomic E-state index is -0.0400. The molecule has 0 atom stereocenters. The number of rotatable bonds is 4. The van der Waals surface area contributed by atoms with E-state index in [-0.39, 0.29) is 11.6 Å². The number of hydrogen-bond acceptors (Lipinski definition) is 5. The average Bonchev–Trinajstić information content (AvgIpc) is 2.69. The fourth-order valence-corrected chi connectivity index (χ4v) is 3.59. The molecule has 1 aliphatic rings. The lowest BCUT2D eigenvalue weighted by molar-refractivity contribution is 0.169. The molecule has 1 saturated heterocycles. The van der Waals surface area contributed by atoms with E-state index in [1.54, 1.807) is 11.8 Å². The van der Waals surface area contributed by atoms with Gasteiger partial charge in [-0.25, -0.2) is 4.68 Å². The molecule has 0 saturated carbocycles. The maximum absolute atomic E-state index is 12.7. The first-order valence-electron chi connectivity index (χ1n) is 8.94. The molecule has 0 unspecified atom stereocenters. The molecule has 0 radical (unpaired) electrons. The van der Waals surface area contributed by atoms with Gasteiger partial charge in [0.25, 0.3) is 5.56 Å². The molecule has 0 bridgehead atoms. The molecule has 2 heterocycles. The summed E-state index contributed by atoms with van der Waals surface area (Å²) in [7, 11) is 1.69. The van der Waals surface area contributed by atoms with Gasteiger partial charge in [-0.1, -0.05) is 29.5 Å². The number of hydrogen-bond donors (Lipinski definition) is 0. The van der Waals surface area contributed by atoms with E-state index in [2.05, 4.69) is 27.3 Å². The molecule has 0 amide bonds. The first-order chi connectivity index (χ1) is 12.7. The highest BCUT2D eigenvalue weighted by molar-refractivity contribution is 5.76. The van der Waals surface area contributed by atoms with E-state index < -0.39 is 0 Å². The zero-order valence-electron chi connectivity index (χ0n) is 14.8. The third-order valence-electron chi connectivity index (χ3n) is 5.03. The molecule has 2 aromatic carbocycles. The summed E-state index contributed by atoms with van der Waals surface area (Å²) < 4.78 is 6.87. The van der Waals surface area contributed by atoms with Gasteiger partial charge in [-0.15, -0.1) is 5.10 Å². The molecule has 26 heavy (non-hydrogen) atoms. The second-order valence-electron chi connectivity index (χ2n) is 6.72. The smallest absolute Gasteiger partial charge is 0.277 e. The third-order valence-corrected chi connectivity index (χ3v) is 5.03. The monoisotopic (exact) mass is 350 g/mol. The quantitative estimate of drug-likeness (QED) is 0.724. The number of benzene rings is 2. The van der Waals surface area contributed by atoms with Gasteiger partial charge in [0.15, 0.2) is 0 Å². The molecule has 0 aliphatic carbocycles. The van der Waals surface area contributed by atoms with Crippen LogP contribution in [0.1, 0.15) is 24.4 Å². The summed E-state index contributed by atoms with van der Waals surface area (Å²) in [5.74, 6) is 0.885. The van der Waals surface area contributed by atoms with Crippen molar-refractivity contribution in [1.29, 1.82) is 0 Å². The van der Waals surface area contributed by atoms with Gasteiger partial charge in [0, 0.05) is 19.6 Å². The van der Waals surface area contributed by atoms with Crippen molar-refractivity contribution in [2.45, 2.75) is 25.4 Å². The largest absolute Gasteiger partial charge is 0.497 e. The molecule has 1 aliphatic heterocycles. The number of nitrogens with zero attached hydrogens (tertiary/aromatic N) is 4. The Morgan fingerprint density at radius 3 is 2.73 bits per heavy atom. The molecule has 1 aromatic heterocycles. The van der Waals surface area contributed by atoms with Crippen molar-refractivity contribution in [3.8, 4) is 5.75 Å². The Labute approximate surface area is 152 Å². The fraction of sp³-hybridized carbons (Fsp3) is 0.350. The molecule has 1 fully saturated rings. The highest BCUT2D eigenvalue weighted by Crippen LogP contribution is 2.23. The Hall–Kier alpha value is -2.73. The lowest BCUT2D eigenvalue weighted by atomic mass is 10.0. The van der Waals surface area contributed by atoms with Gasteiger partial charge >= 0.3 is 0 Å². The predicted molar refractivity (Wildman–Crippen MR) is 100 cm³/mol. The van der Waals surface area contributed by atoms with Crippen molar-refractivity contribution in [1.82, 2.24) is 19.9 Å². The predicted octanol–water partition coefficient (Wildman–Crippen LogP) is 2.64. The van der Waals surface area contributed by atoms with Crippen LogP contribution in [0.15, 0.2) is 53.3 Å². The van der Waals surface area contributed by atoms with Crippen LogP contribution in [-0.2, 0) is 6.54 Å². The minimum Gasteiger partial charge on any atom is -0.497 e. The number of ether oxygens (including phenoxy) is 1. The second kappa shape index (κ2) is 7.25. The normalized spacial score (nSPS) is 16.0. The Morgan fingerprint density at radius 2 is 1.92 bits per heavy atom. The van der Waals surface area contributed by atoms with Gasteiger partial charge in [-0.05, 0) is 42.7 Å². The fourth-order valence-electron chi connectivity index (χ4n) is 3.59. The highest BCUT2D eigenvalue weighted by atomic mass is 16.5. The van der Waals surface area contributed by atoms with Gasteiger partial charge in [0.05, 0.1) is 18.5 Å². The maximum atomic E-state index is 12.7. The van der Waals surface area contributed by atoms with Crippen molar-refractivity contribution in [2.24, 2.45) is 0 Å². The van der Waals surface area contributed by atoms with Crippen LogP contribution in [0.5, 0.6) is 5.75 Å². The summed E-state index contributed by atoms with van der Waals surface area (Å²) in [5, 5.41) is 9.03. The summed E-state index contributed by atoms with van der Waals surface area (Å²) in [6.45, 7) is 2.76. The van der Waals surface area contributed by atoms with Crippen molar-refractivity contribution < 1.29 is 4.74 Å². The van der Waals surface area contributed by atoms with E-state index in [1.807, 2.05) is 36.4 Å². The number of methoxy groups -OCH3 is 1. The molecule has 0 spiro atoms. The molecule has 0 N–H and O–H groups in total. The van der Waals surface area contributed by atoms with Crippen molar-refractivity contribution >= 4 is 10.9 Å². The Balaban J connectivity index is 1.45. The van der Waals surface area contributed by atoms with Gasteiger partial charge in [0.2, 0.25) is 0 Å². The Bertz CT molecular complexity index is 961. The van der Waals surface area contributed by atoms with Crippen molar-refractivity contribution in [2.75, 3.05) is 20.2 Å². The van der Waals surface area contributed by atoms with Crippen LogP contribution in [0.2, 0.25) is 0 Å². The van der Waals surface area contributed by atoms with Crippen molar-refractivity contribution in [3.05, 3.63) is 64.4 Å². The van der Waals surface area contributed by atoms with E-state index in [1.165, 1.54) is 5.56 Å². The molecule has 4 rings (SSSR count). The molecular weight excluding hydrogens is 328 g/mol. The molecular formula is C20H22N4O2. The number of likely N-dealkylation sites (tertiary alicyclic amines) is 1. The second-order valence-corrected chi connectivity index (χ2v) is 6.72. The van der Waals surface area contributed by atoms with Gasteiger partial charge < -0.3 is 4.74 Å². The molecule has 3 aromatic rings. The lowest BCUT2D eigenvalue weighted by Gasteiger charge is -2.32. The molecule has 6 heteroatoms. The number of aromatic nitrogens is 3. The van der Waals surface area contributed by atoms with Crippen LogP contribution in [-0.4, -0.2) is 40.1 Å². The van der Waals surface area contributed by atoms with Crippen LogP contribution in [0, 0.1) is 0 Å². The minimum absolute atomic E-state index is 0.0400. The number of piperidine rings is 1. The Kier molecular flexibility index (Phi) is 4.67. The first kappa shape index (κ1) is 16.7. The van der Waals surface area contributed by atoms with E-state index in [4.69, 9.17) is 4.74 Å². The van der Waals surface area contributed by atoms with Gasteiger partial charge in [-0.2, -0.15) is 0 Å².